The normalized spacial score (nSPS) is 17.8. The van der Waals surface area contributed by atoms with Crippen molar-refractivity contribution in [3.05, 3.63) is 63.9 Å². The highest BCUT2D eigenvalue weighted by Crippen LogP contribution is 2.30. The summed E-state index contributed by atoms with van der Waals surface area (Å²) in [6.45, 7) is 1.91. The molecular formula is C15H12ClNO2. The summed E-state index contributed by atoms with van der Waals surface area (Å²) in [6.07, 6.45) is 2.01. The van der Waals surface area contributed by atoms with E-state index in [-0.39, 0.29) is 12.1 Å². The van der Waals surface area contributed by atoms with E-state index in [1.807, 2.05) is 25.1 Å². The van der Waals surface area contributed by atoms with Crippen LogP contribution in [0, 0.1) is 6.92 Å². The standard InChI is InChI=1S/C15H12ClNO2/c1-9-6-11-7-14(10-2-4-12(16)5-3-10)19-15(18)13(11)8-17-9/h2-6,8,14H,7H2,1H3. The van der Waals surface area contributed by atoms with Gasteiger partial charge in [0.05, 0.1) is 5.56 Å². The molecule has 0 saturated carbocycles. The van der Waals surface area contributed by atoms with E-state index in [1.165, 1.54) is 0 Å². The topological polar surface area (TPSA) is 39.2 Å². The van der Waals surface area contributed by atoms with Gasteiger partial charge in [-0.3, -0.25) is 4.98 Å². The first-order chi connectivity index (χ1) is 9.13. The number of pyridine rings is 1. The van der Waals surface area contributed by atoms with Crippen LogP contribution in [0.2, 0.25) is 5.02 Å². The second-order valence-corrected chi connectivity index (χ2v) is 5.07. The molecule has 0 saturated heterocycles. The van der Waals surface area contributed by atoms with Gasteiger partial charge in [0.25, 0.3) is 0 Å². The third-order valence-electron chi connectivity index (χ3n) is 3.24. The first-order valence-corrected chi connectivity index (χ1v) is 6.43. The summed E-state index contributed by atoms with van der Waals surface area (Å²) in [4.78, 5) is 16.1. The third kappa shape index (κ3) is 2.34. The highest BCUT2D eigenvalue weighted by molar-refractivity contribution is 6.30. The van der Waals surface area contributed by atoms with Crippen LogP contribution in [0.3, 0.4) is 0 Å². The van der Waals surface area contributed by atoms with Crippen LogP contribution in [0.1, 0.15) is 33.3 Å². The zero-order chi connectivity index (χ0) is 13.4. The van der Waals surface area contributed by atoms with Crippen LogP contribution in [0.4, 0.5) is 0 Å². The maximum Gasteiger partial charge on any atom is 0.340 e. The van der Waals surface area contributed by atoms with E-state index in [0.29, 0.717) is 17.0 Å². The zero-order valence-corrected chi connectivity index (χ0v) is 11.1. The van der Waals surface area contributed by atoms with Crippen LogP contribution in [0.5, 0.6) is 0 Å². The molecule has 0 N–H and O–H groups in total. The molecule has 3 nitrogen and oxygen atoms in total. The molecule has 0 aliphatic carbocycles. The summed E-state index contributed by atoms with van der Waals surface area (Å²) in [5.74, 6) is -0.311. The second kappa shape index (κ2) is 4.67. The zero-order valence-electron chi connectivity index (χ0n) is 10.4. The van der Waals surface area contributed by atoms with Crippen LogP contribution in [-0.4, -0.2) is 11.0 Å². The van der Waals surface area contributed by atoms with Crippen LogP contribution in [-0.2, 0) is 11.2 Å². The fourth-order valence-electron chi connectivity index (χ4n) is 2.27. The molecule has 0 fully saturated rings. The minimum atomic E-state index is -0.311. The van der Waals surface area contributed by atoms with Crippen LogP contribution >= 0.6 is 11.6 Å². The number of hydrogen-bond donors (Lipinski definition) is 0. The fraction of sp³-hybridized carbons (Fsp3) is 0.200. The Morgan fingerprint density at radius 3 is 2.79 bits per heavy atom. The number of cyclic esters (lactones) is 1. The molecule has 0 amide bonds. The van der Waals surface area contributed by atoms with Gasteiger partial charge >= 0.3 is 5.97 Å². The summed E-state index contributed by atoms with van der Waals surface area (Å²) < 4.78 is 5.46. The second-order valence-electron chi connectivity index (χ2n) is 4.63. The van der Waals surface area contributed by atoms with Gasteiger partial charge in [0, 0.05) is 23.3 Å². The molecule has 19 heavy (non-hydrogen) atoms. The number of ether oxygens (including phenoxy) is 1. The fourth-order valence-corrected chi connectivity index (χ4v) is 2.39. The Labute approximate surface area is 116 Å². The van der Waals surface area contributed by atoms with E-state index < -0.39 is 0 Å². The number of hydrogen-bond acceptors (Lipinski definition) is 3. The lowest BCUT2D eigenvalue weighted by Crippen LogP contribution is -2.22. The number of esters is 1. The maximum atomic E-state index is 12.0. The number of carbonyl (C=O) groups excluding carboxylic acids is 1. The third-order valence-corrected chi connectivity index (χ3v) is 3.49. The van der Waals surface area contributed by atoms with Crippen molar-refractivity contribution in [1.82, 2.24) is 4.98 Å². The SMILES string of the molecule is Cc1cc2c(cn1)C(=O)OC(c1ccc(Cl)cc1)C2. The average Bonchev–Trinajstić information content (AvgIpc) is 2.38. The van der Waals surface area contributed by atoms with Gasteiger partial charge in [0.15, 0.2) is 0 Å². The molecule has 0 radical (unpaired) electrons. The van der Waals surface area contributed by atoms with Crippen LogP contribution < -0.4 is 0 Å². The minimum absolute atomic E-state index is 0.251. The monoisotopic (exact) mass is 273 g/mol. The molecule has 1 aliphatic heterocycles. The Hall–Kier alpha value is -1.87. The predicted octanol–water partition coefficient (Wildman–Crippen LogP) is 3.50. The number of benzene rings is 1. The largest absolute Gasteiger partial charge is 0.453 e. The molecule has 3 rings (SSSR count). The van der Waals surface area contributed by atoms with Gasteiger partial charge in [-0.05, 0) is 36.2 Å². The number of rotatable bonds is 1. The number of aromatic nitrogens is 1. The lowest BCUT2D eigenvalue weighted by atomic mass is 9.95. The Balaban J connectivity index is 1.96. The summed E-state index contributed by atoms with van der Waals surface area (Å²) >= 11 is 5.87. The Kier molecular flexibility index (Phi) is 2.99. The molecule has 0 bridgehead atoms. The van der Waals surface area contributed by atoms with Crippen molar-refractivity contribution < 1.29 is 9.53 Å². The Morgan fingerprint density at radius 1 is 1.32 bits per heavy atom. The molecule has 1 unspecified atom stereocenters. The van der Waals surface area contributed by atoms with Crippen molar-refractivity contribution in [1.29, 1.82) is 0 Å². The van der Waals surface area contributed by atoms with Crippen molar-refractivity contribution in [2.45, 2.75) is 19.4 Å². The number of halogens is 1. The van der Waals surface area contributed by atoms with Gasteiger partial charge in [0.1, 0.15) is 6.10 Å². The van der Waals surface area contributed by atoms with Crippen molar-refractivity contribution in [3.63, 3.8) is 0 Å². The Morgan fingerprint density at radius 2 is 2.05 bits per heavy atom. The maximum absolute atomic E-state index is 12.0. The van der Waals surface area contributed by atoms with Gasteiger partial charge in [-0.25, -0.2) is 4.79 Å². The first kappa shape index (κ1) is 12.2. The lowest BCUT2D eigenvalue weighted by molar-refractivity contribution is 0.0252. The smallest absolute Gasteiger partial charge is 0.340 e. The van der Waals surface area contributed by atoms with E-state index in [1.54, 1.807) is 18.3 Å². The van der Waals surface area contributed by atoms with Crippen LogP contribution in [0.25, 0.3) is 0 Å². The van der Waals surface area contributed by atoms with E-state index in [4.69, 9.17) is 16.3 Å². The van der Waals surface area contributed by atoms with Gasteiger partial charge in [-0.2, -0.15) is 0 Å². The first-order valence-electron chi connectivity index (χ1n) is 6.05. The quantitative estimate of drug-likeness (QED) is 0.747. The number of carbonyl (C=O) groups is 1. The van der Waals surface area contributed by atoms with E-state index in [9.17, 15) is 4.79 Å². The molecular weight excluding hydrogens is 262 g/mol. The molecule has 4 heteroatoms. The van der Waals surface area contributed by atoms with Gasteiger partial charge in [-0.15, -0.1) is 0 Å². The van der Waals surface area contributed by atoms with Gasteiger partial charge in [-0.1, -0.05) is 23.7 Å². The lowest BCUT2D eigenvalue weighted by Gasteiger charge is -2.25. The highest BCUT2D eigenvalue weighted by atomic mass is 35.5. The summed E-state index contributed by atoms with van der Waals surface area (Å²) in [6, 6.07) is 9.33. The molecule has 1 aromatic heterocycles. The number of nitrogens with zero attached hydrogens (tertiary/aromatic N) is 1. The number of fused-ring (bicyclic) bond motifs is 1. The van der Waals surface area contributed by atoms with Crippen molar-refractivity contribution >= 4 is 17.6 Å². The van der Waals surface area contributed by atoms with Gasteiger partial charge in [0.2, 0.25) is 0 Å². The summed E-state index contributed by atoms with van der Waals surface area (Å²) in [7, 11) is 0. The van der Waals surface area contributed by atoms with Crippen molar-refractivity contribution in [2.75, 3.05) is 0 Å². The molecule has 1 atom stereocenters. The number of aryl methyl sites for hydroxylation is 1. The Bertz CT molecular complexity index is 637. The molecule has 2 heterocycles. The van der Waals surface area contributed by atoms with Crippen molar-refractivity contribution in [3.8, 4) is 0 Å². The molecule has 2 aromatic rings. The van der Waals surface area contributed by atoms with Gasteiger partial charge < -0.3 is 4.74 Å². The highest BCUT2D eigenvalue weighted by Gasteiger charge is 2.27. The van der Waals surface area contributed by atoms with E-state index >= 15 is 0 Å². The summed E-state index contributed by atoms with van der Waals surface area (Å²) in [5.41, 5.74) is 3.42. The molecule has 1 aliphatic rings. The van der Waals surface area contributed by atoms with E-state index in [0.717, 1.165) is 16.8 Å². The van der Waals surface area contributed by atoms with Crippen molar-refractivity contribution in [2.24, 2.45) is 0 Å². The van der Waals surface area contributed by atoms with E-state index in [2.05, 4.69) is 4.98 Å². The van der Waals surface area contributed by atoms with Crippen LogP contribution in [0.15, 0.2) is 36.5 Å². The summed E-state index contributed by atoms with van der Waals surface area (Å²) in [5, 5.41) is 0.673. The predicted molar refractivity (Wildman–Crippen MR) is 72.3 cm³/mol. The molecule has 96 valence electrons. The average molecular weight is 274 g/mol. The molecule has 1 aromatic carbocycles. The minimum Gasteiger partial charge on any atom is -0.453 e. The molecule has 0 spiro atoms.